The van der Waals surface area contributed by atoms with Crippen LogP contribution in [0, 0.1) is 11.8 Å². The van der Waals surface area contributed by atoms with E-state index in [1.165, 1.54) is 0 Å². The molecule has 0 saturated heterocycles. The first kappa shape index (κ1) is 24.0. The van der Waals surface area contributed by atoms with E-state index in [-0.39, 0.29) is 36.0 Å². The third kappa shape index (κ3) is 6.65. The smallest absolute Gasteiger partial charge is 0.247 e. The molecule has 0 aliphatic heterocycles. The zero-order valence-corrected chi connectivity index (χ0v) is 19.5. The van der Waals surface area contributed by atoms with Gasteiger partial charge in [-0.1, -0.05) is 70.2 Å². The van der Waals surface area contributed by atoms with Crippen molar-refractivity contribution in [3.05, 3.63) is 72.3 Å². The molecule has 3 aromatic carbocycles. The normalized spacial score (nSPS) is 11.9. The fraction of sp³-hybridized carbons (Fsp3) is 0.296. The molecule has 3 N–H and O–H groups in total. The molecule has 6 heteroatoms. The molecule has 0 heterocycles. The van der Waals surface area contributed by atoms with Gasteiger partial charge < -0.3 is 16.0 Å². The van der Waals surface area contributed by atoms with Gasteiger partial charge in [-0.3, -0.25) is 14.4 Å². The molecule has 0 spiro atoms. The number of fused-ring (bicyclic) bond motifs is 1. The zero-order valence-electron chi connectivity index (χ0n) is 19.5. The largest absolute Gasteiger partial charge is 0.344 e. The van der Waals surface area contributed by atoms with Crippen molar-refractivity contribution in [2.24, 2.45) is 11.8 Å². The summed E-state index contributed by atoms with van der Waals surface area (Å²) in [4.78, 5) is 37.4. The SMILES string of the molecule is CC(C)C(=O)Nc1ccc(NC(=O)C(NC(=O)Cc2ccc3ccccc3c2)C(C)C)cc1. The number of rotatable bonds is 8. The van der Waals surface area contributed by atoms with Crippen LogP contribution < -0.4 is 16.0 Å². The second-order valence-electron chi connectivity index (χ2n) is 8.86. The van der Waals surface area contributed by atoms with Gasteiger partial charge in [-0.15, -0.1) is 0 Å². The molecule has 0 saturated carbocycles. The van der Waals surface area contributed by atoms with Crippen LogP contribution in [0.4, 0.5) is 11.4 Å². The summed E-state index contributed by atoms with van der Waals surface area (Å²) in [7, 11) is 0. The summed E-state index contributed by atoms with van der Waals surface area (Å²) >= 11 is 0. The van der Waals surface area contributed by atoms with Crippen molar-refractivity contribution >= 4 is 39.9 Å². The topological polar surface area (TPSA) is 87.3 Å². The minimum atomic E-state index is -0.668. The third-order valence-corrected chi connectivity index (χ3v) is 5.39. The highest BCUT2D eigenvalue weighted by atomic mass is 16.2. The van der Waals surface area contributed by atoms with Gasteiger partial charge in [-0.05, 0) is 46.5 Å². The van der Waals surface area contributed by atoms with Crippen molar-refractivity contribution in [3.63, 3.8) is 0 Å². The number of anilines is 2. The Bertz CT molecular complexity index is 1140. The maximum absolute atomic E-state index is 12.9. The Kier molecular flexibility index (Phi) is 7.83. The molecule has 0 aromatic heterocycles. The van der Waals surface area contributed by atoms with Crippen LogP contribution in [0.1, 0.15) is 33.3 Å². The highest BCUT2D eigenvalue weighted by Crippen LogP contribution is 2.17. The quantitative estimate of drug-likeness (QED) is 0.467. The summed E-state index contributed by atoms with van der Waals surface area (Å²) in [5, 5.41) is 10.7. The van der Waals surface area contributed by atoms with Crippen LogP contribution in [0.25, 0.3) is 10.8 Å². The monoisotopic (exact) mass is 445 g/mol. The molecule has 0 fully saturated rings. The van der Waals surface area contributed by atoms with E-state index in [4.69, 9.17) is 0 Å². The fourth-order valence-electron chi connectivity index (χ4n) is 3.44. The summed E-state index contributed by atoms with van der Waals surface area (Å²) in [6, 6.07) is 20.2. The molecule has 0 radical (unpaired) electrons. The minimum Gasteiger partial charge on any atom is -0.344 e. The Labute approximate surface area is 194 Å². The molecule has 1 unspecified atom stereocenters. The summed E-state index contributed by atoms with van der Waals surface area (Å²) < 4.78 is 0. The molecule has 172 valence electrons. The van der Waals surface area contributed by atoms with E-state index in [0.717, 1.165) is 16.3 Å². The maximum Gasteiger partial charge on any atom is 0.247 e. The average Bonchev–Trinajstić information content (AvgIpc) is 2.78. The lowest BCUT2D eigenvalue weighted by Crippen LogP contribution is -2.47. The first-order valence-corrected chi connectivity index (χ1v) is 11.2. The number of hydrogen-bond donors (Lipinski definition) is 3. The molecule has 1 atom stereocenters. The number of nitrogens with one attached hydrogen (secondary N) is 3. The van der Waals surface area contributed by atoms with E-state index in [0.29, 0.717) is 11.4 Å². The lowest BCUT2D eigenvalue weighted by Gasteiger charge is -2.22. The average molecular weight is 446 g/mol. The van der Waals surface area contributed by atoms with E-state index in [1.54, 1.807) is 24.3 Å². The van der Waals surface area contributed by atoms with Crippen LogP contribution in [-0.2, 0) is 20.8 Å². The van der Waals surface area contributed by atoms with Crippen LogP contribution in [0.5, 0.6) is 0 Å². The van der Waals surface area contributed by atoms with Gasteiger partial charge in [0.05, 0.1) is 6.42 Å². The van der Waals surface area contributed by atoms with Crippen LogP contribution in [0.2, 0.25) is 0 Å². The highest BCUT2D eigenvalue weighted by Gasteiger charge is 2.24. The van der Waals surface area contributed by atoms with Crippen molar-refractivity contribution in [2.75, 3.05) is 10.6 Å². The molecule has 6 nitrogen and oxygen atoms in total. The van der Waals surface area contributed by atoms with E-state index < -0.39 is 6.04 Å². The summed E-state index contributed by atoms with van der Waals surface area (Å²) in [5.74, 6) is -0.757. The lowest BCUT2D eigenvalue weighted by atomic mass is 10.0. The minimum absolute atomic E-state index is 0.0687. The molecule has 3 amide bonds. The van der Waals surface area contributed by atoms with Gasteiger partial charge in [-0.2, -0.15) is 0 Å². The van der Waals surface area contributed by atoms with Crippen molar-refractivity contribution in [2.45, 2.75) is 40.2 Å². The molecular weight excluding hydrogens is 414 g/mol. The predicted molar refractivity (Wildman–Crippen MR) is 133 cm³/mol. The Morgan fingerprint density at radius 3 is 1.88 bits per heavy atom. The number of carbonyl (C=O) groups is 3. The molecule has 0 bridgehead atoms. The van der Waals surface area contributed by atoms with E-state index in [2.05, 4.69) is 16.0 Å². The Morgan fingerprint density at radius 1 is 0.727 bits per heavy atom. The first-order chi connectivity index (χ1) is 15.7. The van der Waals surface area contributed by atoms with Crippen LogP contribution in [0.3, 0.4) is 0 Å². The Hall–Kier alpha value is -3.67. The lowest BCUT2D eigenvalue weighted by molar-refractivity contribution is -0.127. The zero-order chi connectivity index (χ0) is 24.0. The van der Waals surface area contributed by atoms with Gasteiger partial charge in [0.15, 0.2) is 0 Å². The number of hydrogen-bond acceptors (Lipinski definition) is 3. The fourth-order valence-corrected chi connectivity index (χ4v) is 3.44. The number of amides is 3. The summed E-state index contributed by atoms with van der Waals surface area (Å²) in [5.41, 5.74) is 2.15. The van der Waals surface area contributed by atoms with Crippen LogP contribution in [0.15, 0.2) is 66.7 Å². The Morgan fingerprint density at radius 2 is 1.30 bits per heavy atom. The van der Waals surface area contributed by atoms with Crippen molar-refractivity contribution in [3.8, 4) is 0 Å². The van der Waals surface area contributed by atoms with E-state index >= 15 is 0 Å². The number of carbonyl (C=O) groups excluding carboxylic acids is 3. The molecule has 3 rings (SSSR count). The predicted octanol–water partition coefficient (Wildman–Crippen LogP) is 4.76. The van der Waals surface area contributed by atoms with Gasteiger partial charge in [0.1, 0.15) is 6.04 Å². The second-order valence-corrected chi connectivity index (χ2v) is 8.86. The second kappa shape index (κ2) is 10.8. The summed E-state index contributed by atoms with van der Waals surface area (Å²) in [6.07, 6.45) is 0.200. The van der Waals surface area contributed by atoms with Crippen molar-refractivity contribution < 1.29 is 14.4 Å². The van der Waals surface area contributed by atoms with Gasteiger partial charge in [-0.25, -0.2) is 0 Å². The van der Waals surface area contributed by atoms with Gasteiger partial charge >= 0.3 is 0 Å². The first-order valence-electron chi connectivity index (χ1n) is 11.2. The Balaban J connectivity index is 1.61. The van der Waals surface area contributed by atoms with Gasteiger partial charge in [0.2, 0.25) is 17.7 Å². The number of benzene rings is 3. The van der Waals surface area contributed by atoms with Crippen LogP contribution in [-0.4, -0.2) is 23.8 Å². The van der Waals surface area contributed by atoms with Gasteiger partial charge in [0.25, 0.3) is 0 Å². The molecule has 3 aromatic rings. The third-order valence-electron chi connectivity index (χ3n) is 5.39. The van der Waals surface area contributed by atoms with E-state index in [1.807, 2.05) is 70.2 Å². The molecule has 0 aliphatic rings. The van der Waals surface area contributed by atoms with Gasteiger partial charge in [0, 0.05) is 17.3 Å². The van der Waals surface area contributed by atoms with E-state index in [9.17, 15) is 14.4 Å². The molecule has 33 heavy (non-hydrogen) atoms. The molecule has 0 aliphatic carbocycles. The van der Waals surface area contributed by atoms with Crippen molar-refractivity contribution in [1.29, 1.82) is 0 Å². The van der Waals surface area contributed by atoms with Crippen molar-refractivity contribution in [1.82, 2.24) is 5.32 Å². The summed E-state index contributed by atoms with van der Waals surface area (Å²) in [6.45, 7) is 7.44. The standard InChI is InChI=1S/C27H31N3O3/c1-17(2)25(27(33)29-23-13-11-22(12-14-23)28-26(32)18(3)4)30-24(31)16-19-9-10-20-7-5-6-8-21(20)15-19/h5-15,17-18,25H,16H2,1-4H3,(H,28,32)(H,29,33)(H,30,31). The van der Waals surface area contributed by atoms with Crippen LogP contribution >= 0.6 is 0 Å². The maximum atomic E-state index is 12.9. The highest BCUT2D eigenvalue weighted by molar-refractivity contribution is 5.98. The molecular formula is C27H31N3O3.